The second-order valence-corrected chi connectivity index (χ2v) is 9.34. The van der Waals surface area contributed by atoms with Crippen molar-refractivity contribution in [1.82, 2.24) is 23.9 Å². The van der Waals surface area contributed by atoms with E-state index in [9.17, 15) is 4.39 Å². The SMILES string of the molecule is CCCn1cc(SN2CC=C(c3ccc4c(cnn4-c4ccc(F)cc4)c3)C[C@H]2C)cn1. The lowest BCUT2D eigenvalue weighted by molar-refractivity contribution is 0.399. The van der Waals surface area contributed by atoms with Crippen molar-refractivity contribution in [3.05, 3.63) is 78.5 Å². The number of aryl methyl sites for hydroxylation is 1. The monoisotopic (exact) mass is 447 g/mol. The highest BCUT2D eigenvalue weighted by Crippen LogP contribution is 2.34. The molecule has 1 atom stereocenters. The molecule has 32 heavy (non-hydrogen) atoms. The fraction of sp³-hybridized carbons (Fsp3) is 0.280. The van der Waals surface area contributed by atoms with E-state index in [0.717, 1.165) is 42.5 Å². The lowest BCUT2D eigenvalue weighted by atomic mass is 9.95. The Morgan fingerprint density at radius 3 is 2.72 bits per heavy atom. The Hall–Kier alpha value is -2.90. The highest BCUT2D eigenvalue weighted by molar-refractivity contribution is 7.97. The van der Waals surface area contributed by atoms with Crippen molar-refractivity contribution in [3.63, 3.8) is 0 Å². The zero-order valence-corrected chi connectivity index (χ0v) is 19.1. The molecule has 4 aromatic rings. The number of halogens is 1. The fourth-order valence-electron chi connectivity index (χ4n) is 4.15. The molecule has 0 saturated heterocycles. The molecule has 0 N–H and O–H groups in total. The van der Waals surface area contributed by atoms with Crippen LogP contribution < -0.4 is 0 Å². The van der Waals surface area contributed by atoms with E-state index in [2.05, 4.69) is 58.8 Å². The summed E-state index contributed by atoms with van der Waals surface area (Å²) in [7, 11) is 0. The highest BCUT2D eigenvalue weighted by atomic mass is 32.2. The zero-order valence-electron chi connectivity index (χ0n) is 18.3. The molecule has 7 heteroatoms. The first-order valence-electron chi connectivity index (χ1n) is 11.0. The van der Waals surface area contributed by atoms with Crippen molar-refractivity contribution in [1.29, 1.82) is 0 Å². The van der Waals surface area contributed by atoms with Gasteiger partial charge in [0.25, 0.3) is 0 Å². The third-order valence-corrected chi connectivity index (χ3v) is 6.98. The van der Waals surface area contributed by atoms with Crippen molar-refractivity contribution < 1.29 is 4.39 Å². The van der Waals surface area contributed by atoms with Crippen LogP contribution in [0, 0.1) is 5.82 Å². The smallest absolute Gasteiger partial charge is 0.123 e. The normalized spacial score (nSPS) is 17.1. The van der Waals surface area contributed by atoms with E-state index >= 15 is 0 Å². The third kappa shape index (κ3) is 4.23. The summed E-state index contributed by atoms with van der Waals surface area (Å²) in [5.41, 5.74) is 4.48. The Morgan fingerprint density at radius 2 is 1.94 bits per heavy atom. The molecule has 5 nitrogen and oxygen atoms in total. The van der Waals surface area contributed by atoms with Crippen LogP contribution in [0.3, 0.4) is 0 Å². The Balaban J connectivity index is 1.33. The zero-order chi connectivity index (χ0) is 22.1. The predicted octanol–water partition coefficient (Wildman–Crippen LogP) is 5.96. The van der Waals surface area contributed by atoms with Gasteiger partial charge in [0, 0.05) is 30.7 Å². The largest absolute Gasteiger partial charge is 0.272 e. The van der Waals surface area contributed by atoms with E-state index in [1.807, 2.05) is 21.8 Å². The molecule has 1 aliphatic heterocycles. The molecule has 0 saturated carbocycles. The maximum Gasteiger partial charge on any atom is 0.123 e. The minimum atomic E-state index is -0.243. The molecule has 3 heterocycles. The van der Waals surface area contributed by atoms with Gasteiger partial charge in [0.2, 0.25) is 0 Å². The van der Waals surface area contributed by atoms with Gasteiger partial charge in [-0.1, -0.05) is 19.1 Å². The number of hydrogen-bond donors (Lipinski definition) is 0. The van der Waals surface area contributed by atoms with E-state index < -0.39 is 0 Å². The van der Waals surface area contributed by atoms with Gasteiger partial charge in [-0.3, -0.25) is 4.68 Å². The molecule has 5 rings (SSSR count). The lowest BCUT2D eigenvalue weighted by Gasteiger charge is -2.31. The van der Waals surface area contributed by atoms with Gasteiger partial charge in [-0.25, -0.2) is 13.4 Å². The number of fused-ring (bicyclic) bond motifs is 1. The van der Waals surface area contributed by atoms with Gasteiger partial charge >= 0.3 is 0 Å². The molecule has 0 radical (unpaired) electrons. The van der Waals surface area contributed by atoms with Crippen LogP contribution in [0.4, 0.5) is 4.39 Å². The molecule has 0 aliphatic carbocycles. The minimum absolute atomic E-state index is 0.243. The molecule has 2 aromatic carbocycles. The number of rotatable bonds is 6. The van der Waals surface area contributed by atoms with Gasteiger partial charge in [0.15, 0.2) is 0 Å². The summed E-state index contributed by atoms with van der Waals surface area (Å²) in [5, 5.41) is 10.1. The maximum absolute atomic E-state index is 13.3. The molecule has 2 aromatic heterocycles. The summed E-state index contributed by atoms with van der Waals surface area (Å²) >= 11 is 1.79. The third-order valence-electron chi connectivity index (χ3n) is 5.82. The summed E-state index contributed by atoms with van der Waals surface area (Å²) in [6, 6.07) is 13.3. The molecule has 0 unspecified atom stereocenters. The number of benzene rings is 2. The van der Waals surface area contributed by atoms with Crippen LogP contribution in [0.15, 0.2) is 72.0 Å². The fourth-order valence-corrected chi connectivity index (χ4v) is 5.08. The van der Waals surface area contributed by atoms with Crippen LogP contribution in [0.5, 0.6) is 0 Å². The van der Waals surface area contributed by atoms with E-state index in [-0.39, 0.29) is 5.82 Å². The summed E-state index contributed by atoms with van der Waals surface area (Å²) in [6.07, 6.45) is 10.4. The van der Waals surface area contributed by atoms with Crippen LogP contribution in [-0.2, 0) is 6.54 Å². The highest BCUT2D eigenvalue weighted by Gasteiger charge is 2.22. The standard InChI is InChI=1S/C25H26FN5S/c1-3-11-29-17-24(16-27-29)32-30-12-10-20(13-18(30)2)19-4-9-25-21(14-19)15-28-31(25)23-7-5-22(26)6-8-23/h4-10,14-18H,3,11-13H2,1-2H3/t18-/m1/s1. The first kappa shape index (κ1) is 21.0. The van der Waals surface area contributed by atoms with Crippen LogP contribution in [0.2, 0.25) is 0 Å². The molecular formula is C25H26FN5S. The molecule has 0 spiro atoms. The van der Waals surface area contributed by atoms with Gasteiger partial charge < -0.3 is 0 Å². The number of hydrogen-bond acceptors (Lipinski definition) is 4. The maximum atomic E-state index is 13.3. The molecule has 1 aliphatic rings. The lowest BCUT2D eigenvalue weighted by Crippen LogP contribution is -2.30. The number of aromatic nitrogens is 4. The Morgan fingerprint density at radius 1 is 1.09 bits per heavy atom. The van der Waals surface area contributed by atoms with E-state index in [1.165, 1.54) is 28.2 Å². The Kier molecular flexibility index (Phi) is 5.85. The summed E-state index contributed by atoms with van der Waals surface area (Å²) in [5.74, 6) is -0.243. The quantitative estimate of drug-likeness (QED) is 0.342. The van der Waals surface area contributed by atoms with Crippen molar-refractivity contribution >= 4 is 28.4 Å². The summed E-state index contributed by atoms with van der Waals surface area (Å²) in [4.78, 5) is 1.19. The van der Waals surface area contributed by atoms with Crippen molar-refractivity contribution in [2.75, 3.05) is 6.54 Å². The first-order valence-corrected chi connectivity index (χ1v) is 11.8. The second-order valence-electron chi connectivity index (χ2n) is 8.22. The van der Waals surface area contributed by atoms with Crippen LogP contribution in [-0.4, -0.2) is 36.5 Å². The summed E-state index contributed by atoms with van der Waals surface area (Å²) < 4.78 is 19.6. The molecular weight excluding hydrogens is 421 g/mol. The van der Waals surface area contributed by atoms with E-state index in [0.29, 0.717) is 6.04 Å². The Bertz CT molecular complexity index is 1260. The van der Waals surface area contributed by atoms with Gasteiger partial charge in [-0.2, -0.15) is 10.2 Å². The van der Waals surface area contributed by atoms with E-state index in [4.69, 9.17) is 0 Å². The molecule has 0 bridgehead atoms. The average Bonchev–Trinajstić information content (AvgIpc) is 3.42. The topological polar surface area (TPSA) is 38.9 Å². The van der Waals surface area contributed by atoms with Crippen molar-refractivity contribution in [3.8, 4) is 5.69 Å². The predicted molar refractivity (Wildman–Crippen MR) is 128 cm³/mol. The van der Waals surface area contributed by atoms with Gasteiger partial charge in [0.1, 0.15) is 5.82 Å². The van der Waals surface area contributed by atoms with Gasteiger partial charge in [0.05, 0.1) is 28.5 Å². The van der Waals surface area contributed by atoms with Crippen LogP contribution in [0.25, 0.3) is 22.2 Å². The number of nitrogens with zero attached hydrogens (tertiary/aromatic N) is 5. The minimum Gasteiger partial charge on any atom is -0.272 e. The van der Waals surface area contributed by atoms with Gasteiger partial charge in [-0.15, -0.1) is 0 Å². The second kappa shape index (κ2) is 8.92. The Labute approximate surface area is 191 Å². The van der Waals surface area contributed by atoms with Crippen LogP contribution >= 0.6 is 11.9 Å². The molecule has 0 fully saturated rings. The van der Waals surface area contributed by atoms with E-state index in [1.54, 1.807) is 24.1 Å². The molecule has 0 amide bonds. The van der Waals surface area contributed by atoms with Crippen LogP contribution in [0.1, 0.15) is 32.3 Å². The average molecular weight is 448 g/mol. The summed E-state index contributed by atoms with van der Waals surface area (Å²) in [6.45, 7) is 6.30. The van der Waals surface area contributed by atoms with Crippen molar-refractivity contribution in [2.24, 2.45) is 0 Å². The molecule has 164 valence electrons. The van der Waals surface area contributed by atoms with Gasteiger partial charge in [-0.05, 0) is 79.2 Å². The van der Waals surface area contributed by atoms with Crippen molar-refractivity contribution in [2.45, 2.75) is 44.2 Å². The first-order chi connectivity index (χ1) is 15.6.